The van der Waals surface area contributed by atoms with Crippen molar-refractivity contribution < 1.29 is 12.3 Å². The van der Waals surface area contributed by atoms with Gasteiger partial charge in [-0.15, -0.1) is 11.1 Å². The molecule has 0 fully saturated rings. The highest BCUT2D eigenvalue weighted by molar-refractivity contribution is 7.20. The molecule has 0 aromatic heterocycles. The van der Waals surface area contributed by atoms with Gasteiger partial charge in [-0.1, -0.05) is 61.3 Å². The Morgan fingerprint density at radius 1 is 0.692 bits per heavy atom. The molecule has 0 aliphatic carbocycles. The van der Waals surface area contributed by atoms with Gasteiger partial charge in [0, 0.05) is 6.55 Å². The van der Waals surface area contributed by atoms with Crippen LogP contribution in [0.15, 0.2) is 0 Å². The molecule has 3 nitrogen and oxygen atoms in total. The van der Waals surface area contributed by atoms with Gasteiger partial charge in [-0.3, -0.25) is 0 Å². The molecule has 0 amide bonds. The molecule has 26 heavy (non-hydrogen) atoms. The highest BCUT2D eigenvalue weighted by atomic mass is 35.6. The van der Waals surface area contributed by atoms with Crippen molar-refractivity contribution >= 4 is 44.1 Å². The molecule has 0 rings (SSSR count). The largest absolute Gasteiger partial charge is 0.467 e. The number of hydrogen-bond acceptors (Lipinski definition) is 3. The molecule has 0 radical (unpaired) electrons. The van der Waals surface area contributed by atoms with Gasteiger partial charge in [0.1, 0.15) is 0 Å². The summed E-state index contributed by atoms with van der Waals surface area (Å²) in [4.78, 5) is 0. The third-order valence-electron chi connectivity index (χ3n) is 5.74. The smallest absolute Gasteiger partial charge is 0.417 e. The van der Waals surface area contributed by atoms with Gasteiger partial charge in [-0.2, -0.15) is 0 Å². The van der Waals surface area contributed by atoms with E-state index >= 15 is 0 Å². The zero-order chi connectivity index (χ0) is 20.8. The van der Waals surface area contributed by atoms with Crippen LogP contribution in [0.2, 0.25) is 55.4 Å². The second kappa shape index (κ2) is 10.7. The third-order valence-corrected chi connectivity index (χ3v) is 25.9. The average molecular weight is 457 g/mol. The standard InChI is InChI=1S/C18H45ClO3Si4/c1-12-17(6)26(19,18(7)13-2)22-24(11,20-23(8,9)10)21-25(14-3,15-4)16-5/h17-18H,12-16H2,1-11H3. The van der Waals surface area contributed by atoms with Crippen molar-refractivity contribution in [2.45, 2.75) is 117 Å². The minimum Gasteiger partial charge on any atom is -0.417 e. The molecule has 0 aromatic carbocycles. The van der Waals surface area contributed by atoms with Crippen molar-refractivity contribution in [2.24, 2.45) is 0 Å². The lowest BCUT2D eigenvalue weighted by Gasteiger charge is -2.46. The van der Waals surface area contributed by atoms with Crippen LogP contribution in [-0.2, 0) is 12.3 Å². The van der Waals surface area contributed by atoms with Gasteiger partial charge < -0.3 is 12.3 Å². The Bertz CT molecular complexity index is 397. The number of halogens is 1. The summed E-state index contributed by atoms with van der Waals surface area (Å²) >= 11 is 7.33. The fourth-order valence-corrected chi connectivity index (χ4v) is 24.1. The monoisotopic (exact) mass is 456 g/mol. The van der Waals surface area contributed by atoms with Gasteiger partial charge in [-0.25, -0.2) is 0 Å². The predicted octanol–water partition coefficient (Wildman–Crippen LogP) is 7.73. The summed E-state index contributed by atoms with van der Waals surface area (Å²) in [6.45, 7) is 24.5. The van der Waals surface area contributed by atoms with E-state index in [1.807, 2.05) is 0 Å². The fourth-order valence-electron chi connectivity index (χ4n) is 3.51. The van der Waals surface area contributed by atoms with Crippen molar-refractivity contribution in [2.75, 3.05) is 0 Å². The molecule has 0 N–H and O–H groups in total. The summed E-state index contributed by atoms with van der Waals surface area (Å²) in [6.07, 6.45) is 2.07. The maximum Gasteiger partial charge on any atom is 0.467 e. The molecule has 0 saturated carbocycles. The molecule has 0 spiro atoms. The van der Waals surface area contributed by atoms with Crippen LogP contribution in [0.5, 0.6) is 0 Å². The average Bonchev–Trinajstić information content (AvgIpc) is 2.56. The molecule has 0 heterocycles. The summed E-state index contributed by atoms with van der Waals surface area (Å²) in [6, 6.07) is 3.31. The Kier molecular flexibility index (Phi) is 11.1. The van der Waals surface area contributed by atoms with Crippen molar-refractivity contribution in [1.29, 1.82) is 0 Å². The van der Waals surface area contributed by atoms with E-state index in [1.165, 1.54) is 0 Å². The van der Waals surface area contributed by atoms with Crippen LogP contribution in [-0.4, -0.2) is 33.1 Å². The molecule has 0 bridgehead atoms. The van der Waals surface area contributed by atoms with Gasteiger partial charge >= 0.3 is 8.80 Å². The molecule has 0 aliphatic heterocycles. The molecule has 158 valence electrons. The van der Waals surface area contributed by atoms with Crippen molar-refractivity contribution in [1.82, 2.24) is 0 Å². The van der Waals surface area contributed by atoms with Crippen LogP contribution in [0.3, 0.4) is 0 Å². The molecular formula is C18H45ClO3Si4. The normalized spacial score (nSPS) is 20.3. The van der Waals surface area contributed by atoms with Crippen molar-refractivity contribution in [3.63, 3.8) is 0 Å². The molecule has 8 heteroatoms. The lowest BCUT2D eigenvalue weighted by Crippen LogP contribution is -2.62. The zero-order valence-corrected chi connectivity index (χ0v) is 24.0. The van der Waals surface area contributed by atoms with Crippen LogP contribution < -0.4 is 0 Å². The summed E-state index contributed by atoms with van der Waals surface area (Å²) in [5.74, 6) is 0. The van der Waals surface area contributed by atoms with Gasteiger partial charge in [0.05, 0.1) is 0 Å². The van der Waals surface area contributed by atoms with E-state index in [2.05, 4.69) is 74.7 Å². The van der Waals surface area contributed by atoms with Crippen LogP contribution in [0.4, 0.5) is 0 Å². The summed E-state index contributed by atoms with van der Waals surface area (Å²) in [7, 11) is -8.99. The van der Waals surface area contributed by atoms with E-state index in [9.17, 15) is 0 Å². The number of rotatable bonds is 13. The van der Waals surface area contributed by atoms with Crippen molar-refractivity contribution in [3.05, 3.63) is 0 Å². The maximum atomic E-state index is 7.33. The summed E-state index contributed by atoms with van der Waals surface area (Å²) in [5, 5.41) is 0. The fraction of sp³-hybridized carbons (Fsp3) is 1.00. The lowest BCUT2D eigenvalue weighted by molar-refractivity contribution is 0.253. The Balaban J connectivity index is 6.00. The molecule has 3 unspecified atom stereocenters. The molecule has 0 saturated heterocycles. The van der Waals surface area contributed by atoms with Gasteiger partial charge in [0.2, 0.25) is 0 Å². The minimum atomic E-state index is -2.82. The van der Waals surface area contributed by atoms with Gasteiger partial charge in [0.25, 0.3) is 7.63 Å². The molecule has 3 atom stereocenters. The summed E-state index contributed by atoms with van der Waals surface area (Å²) < 4.78 is 20.6. The summed E-state index contributed by atoms with van der Waals surface area (Å²) in [5.41, 5.74) is 0.751. The highest BCUT2D eigenvalue weighted by Crippen LogP contribution is 2.44. The Labute approximate surface area is 173 Å². The van der Waals surface area contributed by atoms with Crippen LogP contribution in [0.25, 0.3) is 0 Å². The molecule has 0 aliphatic rings. The van der Waals surface area contributed by atoms with E-state index in [-0.39, 0.29) is 0 Å². The van der Waals surface area contributed by atoms with Gasteiger partial charge in [0.15, 0.2) is 16.6 Å². The minimum absolute atomic E-state index is 0.376. The Morgan fingerprint density at radius 2 is 1.08 bits per heavy atom. The first-order valence-electron chi connectivity index (χ1n) is 10.6. The lowest BCUT2D eigenvalue weighted by atomic mass is 10.4. The first-order valence-corrected chi connectivity index (χ1v) is 21.8. The second-order valence-electron chi connectivity index (χ2n) is 8.84. The quantitative estimate of drug-likeness (QED) is 0.209. The van der Waals surface area contributed by atoms with E-state index in [0.717, 1.165) is 31.0 Å². The number of hydrogen-bond donors (Lipinski definition) is 0. The van der Waals surface area contributed by atoms with E-state index in [1.54, 1.807) is 0 Å². The zero-order valence-electron chi connectivity index (χ0n) is 19.3. The van der Waals surface area contributed by atoms with E-state index in [0.29, 0.717) is 11.1 Å². The van der Waals surface area contributed by atoms with Crippen molar-refractivity contribution in [3.8, 4) is 0 Å². The Hall–Kier alpha value is 1.04. The molecular weight excluding hydrogens is 412 g/mol. The second-order valence-corrected chi connectivity index (χ2v) is 26.9. The van der Waals surface area contributed by atoms with Crippen LogP contribution >= 0.6 is 11.1 Å². The molecule has 0 aromatic rings. The predicted molar refractivity (Wildman–Crippen MR) is 126 cm³/mol. The third kappa shape index (κ3) is 7.46. The highest BCUT2D eigenvalue weighted by Gasteiger charge is 2.54. The van der Waals surface area contributed by atoms with Gasteiger partial charge in [-0.05, 0) is 48.9 Å². The van der Waals surface area contributed by atoms with Crippen LogP contribution in [0, 0.1) is 0 Å². The maximum absolute atomic E-state index is 7.33. The Morgan fingerprint density at radius 3 is 1.35 bits per heavy atom. The van der Waals surface area contributed by atoms with E-state index in [4.69, 9.17) is 23.4 Å². The first-order chi connectivity index (χ1) is 11.8. The SMILES string of the molecule is CCC(C)[Si](Cl)(O[Si](C)(O[Si](C)(C)C)O[Si](CC)(CC)CC)C(C)CC. The van der Waals surface area contributed by atoms with E-state index < -0.39 is 33.1 Å². The van der Waals surface area contributed by atoms with Crippen LogP contribution in [0.1, 0.15) is 61.3 Å². The topological polar surface area (TPSA) is 27.7 Å². The first kappa shape index (κ1) is 27.0.